The number of aromatic nitrogens is 1. The summed E-state index contributed by atoms with van der Waals surface area (Å²) in [6.07, 6.45) is 3.27. The SMILES string of the molecule is COc1ccc(C2=C(Nc3ccc(N(C)C)cc3)C(=O)N(Cc3ccncc3)C2=O)cc1OC. The van der Waals surface area contributed by atoms with Crippen molar-refractivity contribution >= 4 is 28.8 Å². The topological polar surface area (TPSA) is 84.0 Å². The van der Waals surface area contributed by atoms with E-state index in [4.69, 9.17) is 9.47 Å². The van der Waals surface area contributed by atoms with Crippen LogP contribution in [0.5, 0.6) is 11.5 Å². The minimum Gasteiger partial charge on any atom is -0.493 e. The van der Waals surface area contributed by atoms with Crippen LogP contribution in [0.1, 0.15) is 11.1 Å². The standard InChI is InChI=1S/C26H26N4O4/c1-29(2)20-8-6-19(7-9-20)28-24-23(18-5-10-21(33-3)22(15-18)34-4)25(31)30(26(24)32)16-17-11-13-27-14-12-17/h5-15,28H,16H2,1-4H3. The van der Waals surface area contributed by atoms with Crippen molar-refractivity contribution in [2.24, 2.45) is 0 Å². The fourth-order valence-corrected chi connectivity index (χ4v) is 3.75. The van der Waals surface area contributed by atoms with Crippen molar-refractivity contribution in [2.75, 3.05) is 38.5 Å². The number of hydrogen-bond donors (Lipinski definition) is 1. The average Bonchev–Trinajstić information content (AvgIpc) is 3.08. The highest BCUT2D eigenvalue weighted by Crippen LogP contribution is 2.36. The van der Waals surface area contributed by atoms with Crippen molar-refractivity contribution < 1.29 is 19.1 Å². The molecule has 0 atom stereocenters. The fraction of sp³-hybridized carbons (Fsp3) is 0.192. The summed E-state index contributed by atoms with van der Waals surface area (Å²) in [4.78, 5) is 34.2. The molecule has 2 aromatic carbocycles. The van der Waals surface area contributed by atoms with Crippen molar-refractivity contribution in [3.8, 4) is 11.5 Å². The van der Waals surface area contributed by atoms with Gasteiger partial charge < -0.3 is 19.7 Å². The first-order valence-corrected chi connectivity index (χ1v) is 10.7. The summed E-state index contributed by atoms with van der Waals surface area (Å²) < 4.78 is 10.7. The third-order valence-corrected chi connectivity index (χ3v) is 5.58. The zero-order chi connectivity index (χ0) is 24.2. The Hall–Kier alpha value is -4.33. The van der Waals surface area contributed by atoms with Gasteiger partial charge in [0.2, 0.25) is 0 Å². The van der Waals surface area contributed by atoms with Crippen molar-refractivity contribution in [1.82, 2.24) is 9.88 Å². The maximum absolute atomic E-state index is 13.5. The van der Waals surface area contributed by atoms with E-state index in [0.717, 1.165) is 11.3 Å². The van der Waals surface area contributed by atoms with E-state index in [1.807, 2.05) is 43.3 Å². The van der Waals surface area contributed by atoms with Crippen LogP contribution in [0.2, 0.25) is 0 Å². The molecule has 2 heterocycles. The summed E-state index contributed by atoms with van der Waals surface area (Å²) >= 11 is 0. The van der Waals surface area contributed by atoms with Crippen LogP contribution in [0.3, 0.4) is 0 Å². The Morgan fingerprint density at radius 2 is 1.56 bits per heavy atom. The number of carbonyl (C=O) groups is 2. The van der Waals surface area contributed by atoms with Crippen LogP contribution in [0.4, 0.5) is 11.4 Å². The van der Waals surface area contributed by atoms with E-state index in [2.05, 4.69) is 10.3 Å². The van der Waals surface area contributed by atoms with Gasteiger partial charge in [0.25, 0.3) is 11.8 Å². The van der Waals surface area contributed by atoms with Crippen LogP contribution in [-0.4, -0.2) is 50.0 Å². The maximum Gasteiger partial charge on any atom is 0.278 e. The lowest BCUT2D eigenvalue weighted by Crippen LogP contribution is -2.32. The third-order valence-electron chi connectivity index (χ3n) is 5.58. The molecule has 3 aromatic rings. The van der Waals surface area contributed by atoms with E-state index < -0.39 is 5.91 Å². The molecular weight excluding hydrogens is 432 g/mol. The van der Waals surface area contributed by atoms with Gasteiger partial charge in [0.1, 0.15) is 5.70 Å². The van der Waals surface area contributed by atoms with Crippen molar-refractivity contribution in [2.45, 2.75) is 6.54 Å². The van der Waals surface area contributed by atoms with Crippen LogP contribution in [0.25, 0.3) is 5.57 Å². The molecule has 1 aliphatic heterocycles. The molecule has 0 saturated heterocycles. The molecular formula is C26H26N4O4. The van der Waals surface area contributed by atoms with Gasteiger partial charge in [-0.25, -0.2) is 0 Å². The molecule has 0 bridgehead atoms. The number of nitrogens with zero attached hydrogens (tertiary/aromatic N) is 3. The molecule has 0 saturated carbocycles. The summed E-state index contributed by atoms with van der Waals surface area (Å²) in [5.41, 5.74) is 3.57. The molecule has 34 heavy (non-hydrogen) atoms. The summed E-state index contributed by atoms with van der Waals surface area (Å²) in [6, 6.07) is 16.3. The number of methoxy groups -OCH3 is 2. The highest BCUT2D eigenvalue weighted by molar-refractivity contribution is 6.36. The zero-order valence-corrected chi connectivity index (χ0v) is 19.5. The van der Waals surface area contributed by atoms with Gasteiger partial charge in [-0.1, -0.05) is 6.07 Å². The predicted molar refractivity (Wildman–Crippen MR) is 131 cm³/mol. The number of ether oxygens (including phenoxy) is 2. The second-order valence-electron chi connectivity index (χ2n) is 7.94. The van der Waals surface area contributed by atoms with Gasteiger partial charge in [-0.15, -0.1) is 0 Å². The van der Waals surface area contributed by atoms with Gasteiger partial charge in [0.05, 0.1) is 26.3 Å². The molecule has 0 radical (unpaired) electrons. The fourth-order valence-electron chi connectivity index (χ4n) is 3.75. The number of carbonyl (C=O) groups excluding carboxylic acids is 2. The highest BCUT2D eigenvalue weighted by Gasteiger charge is 2.39. The number of amides is 2. The van der Waals surface area contributed by atoms with Gasteiger partial charge in [-0.2, -0.15) is 0 Å². The Bertz CT molecular complexity index is 1240. The predicted octanol–water partition coefficient (Wildman–Crippen LogP) is 3.56. The van der Waals surface area contributed by atoms with Gasteiger partial charge in [0.15, 0.2) is 11.5 Å². The first kappa shape index (κ1) is 22.8. The number of imide groups is 1. The van der Waals surface area contributed by atoms with Gasteiger partial charge in [-0.05, 0) is 59.7 Å². The second kappa shape index (κ2) is 9.66. The van der Waals surface area contributed by atoms with Crippen molar-refractivity contribution in [3.63, 3.8) is 0 Å². The Morgan fingerprint density at radius 3 is 2.18 bits per heavy atom. The Labute approximate surface area is 198 Å². The normalized spacial score (nSPS) is 13.4. The smallest absolute Gasteiger partial charge is 0.278 e. The Balaban J connectivity index is 1.76. The molecule has 8 heteroatoms. The van der Waals surface area contributed by atoms with E-state index in [1.165, 1.54) is 12.0 Å². The lowest BCUT2D eigenvalue weighted by Gasteiger charge is -2.16. The Kier molecular flexibility index (Phi) is 6.49. The number of benzene rings is 2. The molecule has 0 aliphatic carbocycles. The second-order valence-corrected chi connectivity index (χ2v) is 7.94. The summed E-state index contributed by atoms with van der Waals surface area (Å²) in [7, 11) is 6.98. The molecule has 1 aromatic heterocycles. The molecule has 0 fully saturated rings. The van der Waals surface area contributed by atoms with E-state index in [0.29, 0.717) is 22.7 Å². The maximum atomic E-state index is 13.5. The van der Waals surface area contributed by atoms with Crippen LogP contribution in [0.15, 0.2) is 72.7 Å². The van der Waals surface area contributed by atoms with Gasteiger partial charge >= 0.3 is 0 Å². The molecule has 0 unspecified atom stereocenters. The minimum absolute atomic E-state index is 0.141. The van der Waals surface area contributed by atoms with E-state index in [1.54, 1.807) is 49.8 Å². The first-order valence-electron chi connectivity index (χ1n) is 10.7. The number of rotatable bonds is 8. The third kappa shape index (κ3) is 4.43. The molecule has 174 valence electrons. The molecule has 1 N–H and O–H groups in total. The van der Waals surface area contributed by atoms with Crippen molar-refractivity contribution in [3.05, 3.63) is 83.8 Å². The monoisotopic (exact) mass is 458 g/mol. The average molecular weight is 459 g/mol. The van der Waals surface area contributed by atoms with E-state index >= 15 is 0 Å². The highest BCUT2D eigenvalue weighted by atomic mass is 16.5. The van der Waals surface area contributed by atoms with E-state index in [9.17, 15) is 9.59 Å². The quantitative estimate of drug-likeness (QED) is 0.517. The van der Waals surface area contributed by atoms with E-state index in [-0.39, 0.29) is 23.7 Å². The molecule has 2 amide bonds. The summed E-state index contributed by atoms with van der Waals surface area (Å²) in [5.74, 6) is 0.214. The lowest BCUT2D eigenvalue weighted by atomic mass is 10.0. The van der Waals surface area contributed by atoms with Gasteiger partial charge in [0, 0.05) is 37.9 Å². The summed E-state index contributed by atoms with van der Waals surface area (Å²) in [5, 5.41) is 3.18. The number of hydrogen-bond acceptors (Lipinski definition) is 7. The van der Waals surface area contributed by atoms with Crippen LogP contribution in [-0.2, 0) is 16.1 Å². The first-order chi connectivity index (χ1) is 16.4. The van der Waals surface area contributed by atoms with Crippen LogP contribution in [0, 0.1) is 0 Å². The van der Waals surface area contributed by atoms with Crippen LogP contribution >= 0.6 is 0 Å². The van der Waals surface area contributed by atoms with Gasteiger partial charge in [-0.3, -0.25) is 19.5 Å². The largest absolute Gasteiger partial charge is 0.493 e. The molecule has 4 rings (SSSR count). The molecule has 8 nitrogen and oxygen atoms in total. The minimum atomic E-state index is -0.400. The zero-order valence-electron chi connectivity index (χ0n) is 19.5. The molecule has 0 spiro atoms. The number of pyridine rings is 1. The summed E-state index contributed by atoms with van der Waals surface area (Å²) in [6.45, 7) is 0.141. The number of nitrogens with one attached hydrogen (secondary N) is 1. The van der Waals surface area contributed by atoms with Crippen molar-refractivity contribution in [1.29, 1.82) is 0 Å². The molecule has 1 aliphatic rings. The Morgan fingerprint density at radius 1 is 0.882 bits per heavy atom. The van der Waals surface area contributed by atoms with Crippen LogP contribution < -0.4 is 19.7 Å². The number of anilines is 2. The lowest BCUT2D eigenvalue weighted by molar-refractivity contribution is -0.137.